The average Bonchev–Trinajstić information content (AvgIpc) is 2.91. The van der Waals surface area contributed by atoms with E-state index in [2.05, 4.69) is 10.3 Å². The van der Waals surface area contributed by atoms with Crippen molar-refractivity contribution < 1.29 is 18.0 Å². The second-order valence-electron chi connectivity index (χ2n) is 5.83. The molecule has 1 fully saturated rings. The molecular weight excluding hydrogens is 292 g/mol. The van der Waals surface area contributed by atoms with Crippen LogP contribution in [0.4, 0.5) is 0 Å². The number of hydrogen-bond acceptors (Lipinski definition) is 4. The molecule has 2 N–H and O–H groups in total. The zero-order valence-corrected chi connectivity index (χ0v) is 12.7. The van der Waals surface area contributed by atoms with Gasteiger partial charge in [-0.3, -0.25) is 9.59 Å². The lowest BCUT2D eigenvalue weighted by Crippen LogP contribution is -2.36. The predicted octanol–water partition coefficient (Wildman–Crippen LogP) is 0.759. The highest BCUT2D eigenvalue weighted by Crippen LogP contribution is 2.26. The topological polar surface area (TPSA) is 96.1 Å². The molecule has 6 nitrogen and oxygen atoms in total. The number of aryl methyl sites for hydroxylation is 1. The Morgan fingerprint density at radius 1 is 1.33 bits per heavy atom. The molecule has 7 heteroatoms. The molecule has 1 saturated heterocycles. The number of Topliss-reactive ketones (excluding diaryl/α,β-unsaturated/α-hetero) is 1. The van der Waals surface area contributed by atoms with E-state index in [1.165, 1.54) is 0 Å². The number of carbonyl (C=O) groups is 2. The van der Waals surface area contributed by atoms with Gasteiger partial charge < -0.3 is 10.3 Å². The first-order valence-corrected chi connectivity index (χ1v) is 8.95. The number of ketones is 1. The van der Waals surface area contributed by atoms with Crippen LogP contribution in [0.25, 0.3) is 0 Å². The maximum atomic E-state index is 12.3. The number of carbonyl (C=O) groups excluding carboxylic acids is 2. The van der Waals surface area contributed by atoms with Gasteiger partial charge in [0, 0.05) is 23.7 Å². The highest BCUT2D eigenvalue weighted by atomic mass is 32.2. The van der Waals surface area contributed by atoms with Crippen molar-refractivity contribution in [1.82, 2.24) is 10.3 Å². The fourth-order valence-electron chi connectivity index (χ4n) is 3.17. The van der Waals surface area contributed by atoms with E-state index in [9.17, 15) is 18.0 Å². The molecule has 1 atom stereocenters. The summed E-state index contributed by atoms with van der Waals surface area (Å²) in [6, 6.07) is -0.335. The summed E-state index contributed by atoms with van der Waals surface area (Å²) in [7, 11) is -3.02. The Balaban J connectivity index is 1.81. The van der Waals surface area contributed by atoms with Crippen molar-refractivity contribution in [2.75, 3.05) is 11.5 Å². The van der Waals surface area contributed by atoms with E-state index < -0.39 is 9.84 Å². The van der Waals surface area contributed by atoms with Gasteiger partial charge in [-0.1, -0.05) is 0 Å². The number of sulfone groups is 1. The van der Waals surface area contributed by atoms with E-state index >= 15 is 0 Å². The summed E-state index contributed by atoms with van der Waals surface area (Å²) in [6.07, 6.45) is 2.54. The van der Waals surface area contributed by atoms with Crippen LogP contribution in [0.3, 0.4) is 0 Å². The first kappa shape index (κ1) is 14.3. The molecule has 0 bridgehead atoms. The van der Waals surface area contributed by atoms with Crippen LogP contribution in [-0.2, 0) is 16.3 Å². The van der Waals surface area contributed by atoms with Crippen LogP contribution in [0.2, 0.25) is 0 Å². The standard InChI is InChI=1S/C14H18N2O4S/c1-8-12-10(3-2-4-11(12)17)16-13(8)14(18)15-9-5-6-21(19,20)7-9/h9,16H,2-7H2,1H3,(H,15,18)/t9-/m1/s1. The minimum Gasteiger partial charge on any atom is -0.354 e. The summed E-state index contributed by atoms with van der Waals surface area (Å²) in [5, 5.41) is 2.75. The van der Waals surface area contributed by atoms with E-state index in [4.69, 9.17) is 0 Å². The van der Waals surface area contributed by atoms with Gasteiger partial charge in [0.25, 0.3) is 5.91 Å². The zero-order chi connectivity index (χ0) is 15.2. The fraction of sp³-hybridized carbons (Fsp3) is 0.571. The normalized spacial score (nSPS) is 23.9. The number of aromatic nitrogens is 1. The molecule has 1 amide bonds. The van der Waals surface area contributed by atoms with Gasteiger partial charge in [0.1, 0.15) is 5.69 Å². The number of aromatic amines is 1. The van der Waals surface area contributed by atoms with Gasteiger partial charge in [-0.2, -0.15) is 0 Å². The third-order valence-electron chi connectivity index (χ3n) is 4.23. The molecule has 1 aliphatic carbocycles. The van der Waals surface area contributed by atoms with E-state index in [-0.39, 0.29) is 29.2 Å². The van der Waals surface area contributed by atoms with Crippen LogP contribution in [0, 0.1) is 6.92 Å². The summed E-state index contributed by atoms with van der Waals surface area (Å²) in [5.41, 5.74) is 2.53. The monoisotopic (exact) mass is 310 g/mol. The first-order chi connectivity index (χ1) is 9.87. The van der Waals surface area contributed by atoms with Gasteiger partial charge in [-0.05, 0) is 31.7 Å². The van der Waals surface area contributed by atoms with Crippen LogP contribution in [-0.4, -0.2) is 42.6 Å². The van der Waals surface area contributed by atoms with Crippen molar-refractivity contribution in [3.8, 4) is 0 Å². The molecule has 21 heavy (non-hydrogen) atoms. The molecule has 1 aromatic heterocycles. The van der Waals surface area contributed by atoms with E-state index in [0.717, 1.165) is 18.5 Å². The summed E-state index contributed by atoms with van der Waals surface area (Å²) in [6.45, 7) is 1.76. The summed E-state index contributed by atoms with van der Waals surface area (Å²) < 4.78 is 22.8. The number of nitrogens with one attached hydrogen (secondary N) is 2. The number of fused-ring (bicyclic) bond motifs is 1. The van der Waals surface area contributed by atoms with Crippen molar-refractivity contribution >= 4 is 21.5 Å². The highest BCUT2D eigenvalue weighted by molar-refractivity contribution is 7.91. The second kappa shape index (κ2) is 4.98. The lowest BCUT2D eigenvalue weighted by Gasteiger charge is -2.10. The molecule has 114 valence electrons. The number of hydrogen-bond donors (Lipinski definition) is 2. The molecule has 0 saturated carbocycles. The van der Waals surface area contributed by atoms with Gasteiger partial charge in [-0.15, -0.1) is 0 Å². The minimum absolute atomic E-state index is 0.00284. The fourth-order valence-corrected chi connectivity index (χ4v) is 4.84. The molecule has 0 unspecified atom stereocenters. The van der Waals surface area contributed by atoms with Gasteiger partial charge in [-0.25, -0.2) is 8.42 Å². The van der Waals surface area contributed by atoms with Gasteiger partial charge in [0.2, 0.25) is 0 Å². The Kier molecular flexibility index (Phi) is 3.39. The Morgan fingerprint density at radius 2 is 2.10 bits per heavy atom. The minimum atomic E-state index is -3.02. The van der Waals surface area contributed by atoms with Gasteiger partial charge in [0.05, 0.1) is 11.5 Å². The maximum Gasteiger partial charge on any atom is 0.268 e. The third kappa shape index (κ3) is 2.62. The van der Waals surface area contributed by atoms with Crippen LogP contribution < -0.4 is 5.32 Å². The summed E-state index contributed by atoms with van der Waals surface area (Å²) in [5.74, 6) is -0.127. The molecule has 3 rings (SSSR count). The lowest BCUT2D eigenvalue weighted by molar-refractivity contribution is 0.0935. The molecule has 0 radical (unpaired) electrons. The van der Waals surface area contributed by atoms with Crippen molar-refractivity contribution in [3.05, 3.63) is 22.5 Å². The summed E-state index contributed by atoms with van der Waals surface area (Å²) >= 11 is 0. The quantitative estimate of drug-likeness (QED) is 0.843. The smallest absolute Gasteiger partial charge is 0.268 e. The molecule has 2 heterocycles. The molecule has 0 spiro atoms. The Bertz CT molecular complexity index is 718. The van der Waals surface area contributed by atoms with Crippen LogP contribution >= 0.6 is 0 Å². The Labute approximate surface area is 123 Å². The van der Waals surface area contributed by atoms with E-state index in [1.807, 2.05) is 0 Å². The van der Waals surface area contributed by atoms with Gasteiger partial charge in [0.15, 0.2) is 15.6 Å². The van der Waals surface area contributed by atoms with E-state index in [0.29, 0.717) is 29.7 Å². The van der Waals surface area contributed by atoms with Crippen molar-refractivity contribution in [2.24, 2.45) is 0 Å². The zero-order valence-electron chi connectivity index (χ0n) is 11.9. The molecular formula is C14H18N2O4S. The number of H-pyrrole nitrogens is 1. The largest absolute Gasteiger partial charge is 0.354 e. The van der Waals surface area contributed by atoms with Crippen molar-refractivity contribution in [2.45, 2.75) is 38.6 Å². The van der Waals surface area contributed by atoms with Gasteiger partial charge >= 0.3 is 0 Å². The SMILES string of the molecule is Cc1c(C(=O)N[C@@H]2CCS(=O)(=O)C2)[nH]c2c1C(=O)CCC2. The van der Waals surface area contributed by atoms with Crippen LogP contribution in [0.1, 0.15) is 51.4 Å². The number of amides is 1. The molecule has 1 aliphatic heterocycles. The van der Waals surface area contributed by atoms with E-state index in [1.54, 1.807) is 6.92 Å². The average molecular weight is 310 g/mol. The van der Waals surface area contributed by atoms with Crippen molar-refractivity contribution in [1.29, 1.82) is 0 Å². The molecule has 0 aromatic carbocycles. The van der Waals surface area contributed by atoms with Crippen LogP contribution in [0.5, 0.6) is 0 Å². The second-order valence-corrected chi connectivity index (χ2v) is 8.06. The molecule has 1 aromatic rings. The predicted molar refractivity (Wildman–Crippen MR) is 77.3 cm³/mol. The first-order valence-electron chi connectivity index (χ1n) is 7.13. The Hall–Kier alpha value is -1.63. The third-order valence-corrected chi connectivity index (χ3v) is 6.00. The lowest BCUT2D eigenvalue weighted by atomic mass is 9.94. The maximum absolute atomic E-state index is 12.3. The van der Waals surface area contributed by atoms with Crippen molar-refractivity contribution in [3.63, 3.8) is 0 Å². The molecule has 2 aliphatic rings. The Morgan fingerprint density at radius 3 is 2.71 bits per heavy atom. The van der Waals surface area contributed by atoms with Crippen LogP contribution in [0.15, 0.2) is 0 Å². The highest BCUT2D eigenvalue weighted by Gasteiger charge is 2.31. The number of rotatable bonds is 2. The summed E-state index contributed by atoms with van der Waals surface area (Å²) in [4.78, 5) is 27.3.